The van der Waals surface area contributed by atoms with Crippen molar-refractivity contribution in [1.82, 2.24) is 4.90 Å². The number of methoxy groups -OCH3 is 2. The van der Waals surface area contributed by atoms with Crippen molar-refractivity contribution in [2.75, 3.05) is 20.8 Å². The Morgan fingerprint density at radius 1 is 1.08 bits per heavy atom. The average molecular weight is 329 g/mol. The molecule has 1 heterocycles. The number of carbonyl (C=O) groups excluding carboxylic acids is 3. The van der Waals surface area contributed by atoms with Crippen LogP contribution in [0.2, 0.25) is 0 Å². The highest BCUT2D eigenvalue weighted by Gasteiger charge is 2.47. The molecule has 6 nitrogen and oxygen atoms in total. The maximum atomic E-state index is 12.6. The minimum atomic E-state index is -0.331. The lowest BCUT2D eigenvalue weighted by Gasteiger charge is -2.15. The molecule has 0 N–H and O–H groups in total. The van der Waals surface area contributed by atoms with E-state index in [1.165, 1.54) is 14.2 Å². The Hall–Kier alpha value is -2.63. The molecule has 3 rings (SSSR count). The second-order valence-corrected chi connectivity index (χ2v) is 5.91. The molecule has 1 saturated heterocycles. The summed E-state index contributed by atoms with van der Waals surface area (Å²) in [7, 11) is 2.98. The smallest absolute Gasteiger partial charge is 0.233 e. The number of nitrogens with zero attached hydrogens (tertiary/aromatic N) is 1. The van der Waals surface area contributed by atoms with Crippen LogP contribution in [0.15, 0.2) is 30.4 Å². The van der Waals surface area contributed by atoms with Crippen molar-refractivity contribution in [3.63, 3.8) is 0 Å². The third-order valence-electron chi connectivity index (χ3n) is 4.61. The van der Waals surface area contributed by atoms with Crippen LogP contribution in [-0.4, -0.2) is 43.3 Å². The summed E-state index contributed by atoms with van der Waals surface area (Å²) in [5.74, 6) is -0.569. The molecule has 126 valence electrons. The molecule has 0 bridgehead atoms. The molecule has 0 aromatic heterocycles. The molecule has 2 amide bonds. The maximum absolute atomic E-state index is 12.6. The van der Waals surface area contributed by atoms with Gasteiger partial charge in [-0.3, -0.25) is 19.3 Å². The zero-order valence-corrected chi connectivity index (χ0v) is 13.7. The molecule has 0 spiro atoms. The number of amides is 2. The van der Waals surface area contributed by atoms with E-state index in [-0.39, 0.29) is 36.0 Å². The molecule has 1 aromatic carbocycles. The van der Waals surface area contributed by atoms with Gasteiger partial charge in [0, 0.05) is 6.07 Å². The van der Waals surface area contributed by atoms with Gasteiger partial charge in [-0.15, -0.1) is 0 Å². The van der Waals surface area contributed by atoms with Crippen molar-refractivity contribution < 1.29 is 23.9 Å². The number of ether oxygens (including phenoxy) is 2. The van der Waals surface area contributed by atoms with Crippen LogP contribution in [0.3, 0.4) is 0 Å². The summed E-state index contributed by atoms with van der Waals surface area (Å²) < 4.78 is 10.3. The number of hydrogen-bond donors (Lipinski definition) is 0. The van der Waals surface area contributed by atoms with Crippen molar-refractivity contribution in [1.29, 1.82) is 0 Å². The van der Waals surface area contributed by atoms with Crippen LogP contribution in [0, 0.1) is 11.8 Å². The van der Waals surface area contributed by atoms with Gasteiger partial charge in [-0.25, -0.2) is 0 Å². The van der Waals surface area contributed by atoms with Crippen LogP contribution in [0.1, 0.15) is 23.2 Å². The first-order chi connectivity index (χ1) is 11.6. The van der Waals surface area contributed by atoms with Gasteiger partial charge in [-0.1, -0.05) is 12.2 Å². The minimum absolute atomic E-state index is 0.254. The predicted molar refractivity (Wildman–Crippen MR) is 86.0 cm³/mol. The van der Waals surface area contributed by atoms with Crippen molar-refractivity contribution in [2.24, 2.45) is 11.8 Å². The van der Waals surface area contributed by atoms with E-state index in [1.807, 2.05) is 12.2 Å². The highest BCUT2D eigenvalue weighted by Crippen LogP contribution is 2.35. The van der Waals surface area contributed by atoms with Crippen LogP contribution < -0.4 is 9.47 Å². The van der Waals surface area contributed by atoms with E-state index >= 15 is 0 Å². The zero-order valence-electron chi connectivity index (χ0n) is 13.7. The van der Waals surface area contributed by atoms with Gasteiger partial charge >= 0.3 is 0 Å². The first-order valence-electron chi connectivity index (χ1n) is 7.82. The molecule has 2 aliphatic rings. The molecular formula is C18H19NO5. The Labute approximate surface area is 140 Å². The highest BCUT2D eigenvalue weighted by molar-refractivity contribution is 6.10. The third-order valence-corrected chi connectivity index (χ3v) is 4.61. The fourth-order valence-corrected chi connectivity index (χ4v) is 3.28. The van der Waals surface area contributed by atoms with Crippen LogP contribution in [0.5, 0.6) is 11.5 Å². The van der Waals surface area contributed by atoms with Gasteiger partial charge in [0.1, 0.15) is 11.5 Å². The van der Waals surface area contributed by atoms with Crippen LogP contribution >= 0.6 is 0 Å². The lowest BCUT2D eigenvalue weighted by molar-refractivity contribution is -0.139. The molecule has 1 aliphatic carbocycles. The van der Waals surface area contributed by atoms with Crippen LogP contribution in [0.25, 0.3) is 0 Å². The number of likely N-dealkylation sites (tertiary alicyclic amines) is 1. The largest absolute Gasteiger partial charge is 0.497 e. The first kappa shape index (κ1) is 16.2. The van der Waals surface area contributed by atoms with Crippen LogP contribution in [-0.2, 0) is 9.59 Å². The summed E-state index contributed by atoms with van der Waals surface area (Å²) in [4.78, 5) is 38.6. The summed E-state index contributed by atoms with van der Waals surface area (Å²) in [6.45, 7) is -0.257. The monoisotopic (exact) mass is 329 g/mol. The van der Waals surface area contributed by atoms with Gasteiger partial charge in [-0.2, -0.15) is 0 Å². The lowest BCUT2D eigenvalue weighted by atomic mass is 9.85. The summed E-state index contributed by atoms with van der Waals surface area (Å²) in [6.07, 6.45) is 4.96. The molecule has 1 aromatic rings. The number of rotatable bonds is 5. The number of hydrogen-bond acceptors (Lipinski definition) is 5. The Bertz CT molecular complexity index is 698. The number of carbonyl (C=O) groups is 3. The fourth-order valence-electron chi connectivity index (χ4n) is 3.28. The van der Waals surface area contributed by atoms with E-state index < -0.39 is 0 Å². The number of ketones is 1. The number of allylic oxidation sites excluding steroid dienone is 2. The summed E-state index contributed by atoms with van der Waals surface area (Å²) in [5.41, 5.74) is 0.326. The fraction of sp³-hybridized carbons (Fsp3) is 0.389. The van der Waals surface area contributed by atoms with Gasteiger partial charge in [-0.05, 0) is 25.0 Å². The highest BCUT2D eigenvalue weighted by atomic mass is 16.5. The molecule has 1 aliphatic heterocycles. The zero-order chi connectivity index (χ0) is 17.3. The molecule has 2 atom stereocenters. The molecule has 6 heteroatoms. The number of benzene rings is 1. The number of Topliss-reactive ketones (excluding diaryl/α,β-unsaturated/α-hetero) is 1. The first-order valence-corrected chi connectivity index (χ1v) is 7.82. The summed E-state index contributed by atoms with van der Waals surface area (Å²) >= 11 is 0. The van der Waals surface area contributed by atoms with Crippen molar-refractivity contribution in [3.8, 4) is 11.5 Å². The minimum Gasteiger partial charge on any atom is -0.497 e. The maximum Gasteiger partial charge on any atom is 0.233 e. The van der Waals surface area contributed by atoms with E-state index in [0.717, 1.165) is 4.90 Å². The Balaban J connectivity index is 1.80. The Kier molecular flexibility index (Phi) is 4.38. The second kappa shape index (κ2) is 6.47. The second-order valence-electron chi connectivity index (χ2n) is 5.91. The molecule has 0 saturated carbocycles. The molecule has 0 radical (unpaired) electrons. The molecule has 0 unspecified atom stereocenters. The van der Waals surface area contributed by atoms with Crippen LogP contribution in [0.4, 0.5) is 0 Å². The molecular weight excluding hydrogens is 310 g/mol. The lowest BCUT2D eigenvalue weighted by Crippen LogP contribution is -2.36. The van der Waals surface area contributed by atoms with Gasteiger partial charge in [0.25, 0.3) is 0 Å². The molecule has 24 heavy (non-hydrogen) atoms. The Morgan fingerprint density at radius 2 is 1.71 bits per heavy atom. The van der Waals surface area contributed by atoms with Gasteiger partial charge in [0.05, 0.1) is 38.2 Å². The number of imide groups is 1. The standard InChI is InChI=1S/C18H19NO5/c1-23-11-7-8-14(16(9-11)24-2)15(20)10-19-17(21)12-5-3-4-6-13(12)18(19)22/h3-4,7-9,12-13H,5-6,10H2,1-2H3/t12-,13-/m1/s1. The summed E-state index contributed by atoms with van der Waals surface area (Å²) in [5, 5.41) is 0. The van der Waals surface area contributed by atoms with E-state index in [4.69, 9.17) is 9.47 Å². The van der Waals surface area contributed by atoms with E-state index in [0.29, 0.717) is 29.9 Å². The quantitative estimate of drug-likeness (QED) is 0.468. The van der Waals surface area contributed by atoms with E-state index in [1.54, 1.807) is 18.2 Å². The topological polar surface area (TPSA) is 72.9 Å². The third kappa shape index (κ3) is 2.68. The summed E-state index contributed by atoms with van der Waals surface area (Å²) in [6, 6.07) is 4.83. The van der Waals surface area contributed by atoms with Gasteiger partial charge < -0.3 is 9.47 Å². The van der Waals surface area contributed by atoms with Gasteiger partial charge in [0.15, 0.2) is 5.78 Å². The average Bonchev–Trinajstić information content (AvgIpc) is 2.86. The van der Waals surface area contributed by atoms with Gasteiger partial charge in [0.2, 0.25) is 11.8 Å². The van der Waals surface area contributed by atoms with Crippen molar-refractivity contribution in [3.05, 3.63) is 35.9 Å². The van der Waals surface area contributed by atoms with Crippen molar-refractivity contribution in [2.45, 2.75) is 12.8 Å². The normalized spacial score (nSPS) is 22.5. The van der Waals surface area contributed by atoms with Crippen molar-refractivity contribution >= 4 is 17.6 Å². The van der Waals surface area contributed by atoms with E-state index in [2.05, 4.69) is 0 Å². The van der Waals surface area contributed by atoms with E-state index in [9.17, 15) is 14.4 Å². The predicted octanol–water partition coefficient (Wildman–Crippen LogP) is 1.84. The SMILES string of the molecule is COc1ccc(C(=O)CN2C(=O)[C@@H]3CC=CC[C@H]3C2=O)c(OC)c1. The number of fused-ring (bicyclic) bond motifs is 1. The molecule has 1 fully saturated rings. The Morgan fingerprint density at radius 3 is 2.25 bits per heavy atom.